The molecule has 0 fully saturated rings. The van der Waals surface area contributed by atoms with Crippen LogP contribution in [0, 0.1) is 6.92 Å². The van der Waals surface area contributed by atoms with Crippen LogP contribution in [0.4, 0.5) is 0 Å². The fourth-order valence-corrected chi connectivity index (χ4v) is 4.29. The van der Waals surface area contributed by atoms with Crippen LogP contribution in [0.2, 0.25) is 5.02 Å². The van der Waals surface area contributed by atoms with Gasteiger partial charge in [-0.15, -0.1) is 10.2 Å². The number of aromatic nitrogens is 4. The Balaban J connectivity index is 1.53. The molecule has 138 valence electrons. The molecule has 0 unspecified atom stereocenters. The lowest BCUT2D eigenvalue weighted by molar-refractivity contribution is 0.549. The molecule has 0 amide bonds. The van der Waals surface area contributed by atoms with Crippen molar-refractivity contribution in [2.75, 3.05) is 0 Å². The first-order chi connectivity index (χ1) is 13.7. The first-order valence-corrected chi connectivity index (χ1v) is 9.99. The summed E-state index contributed by atoms with van der Waals surface area (Å²) in [4.78, 5) is 0.765. The van der Waals surface area contributed by atoms with Crippen LogP contribution in [0.1, 0.15) is 17.1 Å². The van der Waals surface area contributed by atoms with Crippen LogP contribution in [0.5, 0.6) is 0 Å². The van der Waals surface area contributed by atoms with Gasteiger partial charge in [-0.1, -0.05) is 65.4 Å². The number of rotatable bonds is 4. The smallest absolute Gasteiger partial charge is 0.234 e. The lowest BCUT2D eigenvalue weighted by atomic mass is 10.1. The third kappa shape index (κ3) is 3.00. The maximum atomic E-state index is 6.32. The molecule has 3 heterocycles. The Labute approximate surface area is 170 Å². The SMILES string of the molecule is Cc1oc(-c2ccccc2Cl)cc1-c1nn2c(Cc3ccccc3)nnc2s1. The molecule has 3 aromatic heterocycles. The lowest BCUT2D eigenvalue weighted by Gasteiger charge is -1.98. The zero-order valence-electron chi connectivity index (χ0n) is 15.0. The Morgan fingerprint density at radius 2 is 1.79 bits per heavy atom. The molecule has 0 atom stereocenters. The summed E-state index contributed by atoms with van der Waals surface area (Å²) in [7, 11) is 0. The minimum Gasteiger partial charge on any atom is -0.461 e. The monoisotopic (exact) mass is 406 g/mol. The predicted molar refractivity (Wildman–Crippen MR) is 111 cm³/mol. The predicted octanol–water partition coefficient (Wildman–Crippen LogP) is 5.67. The Kier molecular flexibility index (Phi) is 4.22. The van der Waals surface area contributed by atoms with Crippen LogP contribution >= 0.6 is 22.9 Å². The molecule has 28 heavy (non-hydrogen) atoms. The molecular formula is C21H15ClN4OS. The highest BCUT2D eigenvalue weighted by Crippen LogP contribution is 2.36. The van der Waals surface area contributed by atoms with Gasteiger partial charge in [-0.25, -0.2) is 0 Å². The Morgan fingerprint density at radius 3 is 2.61 bits per heavy atom. The normalized spacial score (nSPS) is 11.4. The van der Waals surface area contributed by atoms with Crippen LogP contribution in [0.3, 0.4) is 0 Å². The largest absolute Gasteiger partial charge is 0.461 e. The van der Waals surface area contributed by atoms with Crippen molar-refractivity contribution in [3.63, 3.8) is 0 Å². The lowest BCUT2D eigenvalue weighted by Crippen LogP contribution is -1.97. The second kappa shape index (κ2) is 6.89. The average molecular weight is 407 g/mol. The summed E-state index contributed by atoms with van der Waals surface area (Å²) in [5.41, 5.74) is 2.98. The first-order valence-electron chi connectivity index (χ1n) is 8.80. The number of nitrogens with zero attached hydrogens (tertiary/aromatic N) is 4. The van der Waals surface area contributed by atoms with Gasteiger partial charge in [0.2, 0.25) is 4.96 Å². The molecule has 0 bridgehead atoms. The van der Waals surface area contributed by atoms with E-state index >= 15 is 0 Å². The summed E-state index contributed by atoms with van der Waals surface area (Å²) < 4.78 is 7.79. The van der Waals surface area contributed by atoms with Crippen molar-refractivity contribution in [3.05, 3.63) is 82.8 Å². The summed E-state index contributed by atoms with van der Waals surface area (Å²) in [5, 5.41) is 14.8. The van der Waals surface area contributed by atoms with E-state index < -0.39 is 0 Å². The summed E-state index contributed by atoms with van der Waals surface area (Å²) in [6.07, 6.45) is 0.681. The van der Waals surface area contributed by atoms with E-state index in [1.165, 1.54) is 16.9 Å². The van der Waals surface area contributed by atoms with Crippen LogP contribution in [-0.2, 0) is 6.42 Å². The minimum atomic E-state index is 0.658. The van der Waals surface area contributed by atoms with Gasteiger partial charge in [0.25, 0.3) is 0 Å². The number of hydrogen-bond acceptors (Lipinski definition) is 5. The second-order valence-electron chi connectivity index (χ2n) is 6.44. The number of benzene rings is 2. The van der Waals surface area contributed by atoms with Gasteiger partial charge in [-0.05, 0) is 30.7 Å². The van der Waals surface area contributed by atoms with Gasteiger partial charge in [0, 0.05) is 12.0 Å². The van der Waals surface area contributed by atoms with Gasteiger partial charge in [-0.3, -0.25) is 0 Å². The van der Waals surface area contributed by atoms with E-state index in [9.17, 15) is 0 Å². The third-order valence-corrected chi connectivity index (χ3v) is 5.81. The Hall–Kier alpha value is -2.96. The molecule has 0 aliphatic heterocycles. The maximum Gasteiger partial charge on any atom is 0.234 e. The Morgan fingerprint density at radius 1 is 1.00 bits per heavy atom. The molecule has 5 nitrogen and oxygen atoms in total. The van der Waals surface area contributed by atoms with Crippen LogP contribution in [0.15, 0.2) is 65.1 Å². The van der Waals surface area contributed by atoms with E-state index in [-0.39, 0.29) is 0 Å². The Bertz CT molecular complexity index is 1270. The minimum absolute atomic E-state index is 0.658. The highest BCUT2D eigenvalue weighted by Gasteiger charge is 2.19. The quantitative estimate of drug-likeness (QED) is 0.386. The molecule has 2 aromatic carbocycles. The number of furan rings is 1. The summed E-state index contributed by atoms with van der Waals surface area (Å²) in [6.45, 7) is 1.93. The van der Waals surface area contributed by atoms with Crippen molar-refractivity contribution < 1.29 is 4.42 Å². The van der Waals surface area contributed by atoms with Crippen LogP contribution in [-0.4, -0.2) is 19.8 Å². The number of halogens is 1. The number of fused-ring (bicyclic) bond motifs is 1. The van der Waals surface area contributed by atoms with Crippen LogP contribution < -0.4 is 0 Å². The topological polar surface area (TPSA) is 56.2 Å². The van der Waals surface area contributed by atoms with E-state index in [4.69, 9.17) is 21.1 Å². The standard InChI is InChI=1S/C21H15ClN4OS/c1-13-16(12-18(27-13)15-9-5-6-10-17(15)22)20-25-26-19(23-24-21(26)28-20)11-14-7-3-2-4-8-14/h2-10,12H,11H2,1H3. The van der Waals surface area contributed by atoms with Crippen molar-refractivity contribution in [2.45, 2.75) is 13.3 Å². The average Bonchev–Trinajstić information content (AvgIpc) is 3.38. The fraction of sp³-hybridized carbons (Fsp3) is 0.0952. The molecular weight excluding hydrogens is 392 g/mol. The third-order valence-electron chi connectivity index (χ3n) is 4.55. The van der Waals surface area contributed by atoms with Crippen molar-refractivity contribution in [1.29, 1.82) is 0 Å². The number of aryl methyl sites for hydroxylation is 1. The van der Waals surface area contributed by atoms with Crippen LogP contribution in [0.25, 0.3) is 26.9 Å². The summed E-state index contributed by atoms with van der Waals surface area (Å²) in [6, 6.07) is 19.8. The van der Waals surface area contributed by atoms with Gasteiger partial charge in [0.1, 0.15) is 11.5 Å². The van der Waals surface area contributed by atoms with Gasteiger partial charge < -0.3 is 4.42 Å². The molecule has 0 saturated heterocycles. The fourth-order valence-electron chi connectivity index (χ4n) is 3.14. The molecule has 0 radical (unpaired) electrons. The van der Waals surface area contributed by atoms with E-state index in [0.717, 1.165) is 38.4 Å². The van der Waals surface area contributed by atoms with Crippen molar-refractivity contribution >= 4 is 27.9 Å². The van der Waals surface area contributed by atoms with Gasteiger partial charge >= 0.3 is 0 Å². The second-order valence-corrected chi connectivity index (χ2v) is 7.80. The zero-order valence-corrected chi connectivity index (χ0v) is 16.5. The molecule has 7 heteroatoms. The number of hydrogen-bond donors (Lipinski definition) is 0. The van der Waals surface area contributed by atoms with Crippen molar-refractivity contribution in [1.82, 2.24) is 19.8 Å². The zero-order chi connectivity index (χ0) is 19.1. The van der Waals surface area contributed by atoms with Gasteiger partial charge in [0.15, 0.2) is 10.8 Å². The van der Waals surface area contributed by atoms with E-state index in [1.54, 1.807) is 0 Å². The van der Waals surface area contributed by atoms with E-state index in [0.29, 0.717) is 11.4 Å². The molecule has 0 N–H and O–H groups in total. The van der Waals surface area contributed by atoms with E-state index in [2.05, 4.69) is 22.3 Å². The molecule has 0 aliphatic carbocycles. The highest BCUT2D eigenvalue weighted by atomic mass is 35.5. The van der Waals surface area contributed by atoms with E-state index in [1.807, 2.05) is 60.0 Å². The molecule has 5 rings (SSSR count). The van der Waals surface area contributed by atoms with Crippen molar-refractivity contribution in [3.8, 4) is 21.9 Å². The highest BCUT2D eigenvalue weighted by molar-refractivity contribution is 7.19. The molecule has 0 saturated carbocycles. The molecule has 0 spiro atoms. The first kappa shape index (κ1) is 17.2. The van der Waals surface area contributed by atoms with Gasteiger partial charge in [0.05, 0.1) is 10.6 Å². The molecule has 5 aromatic rings. The maximum absolute atomic E-state index is 6.32. The summed E-state index contributed by atoms with van der Waals surface area (Å²) >= 11 is 7.81. The summed E-state index contributed by atoms with van der Waals surface area (Å²) in [5.74, 6) is 2.34. The van der Waals surface area contributed by atoms with Crippen molar-refractivity contribution in [2.24, 2.45) is 0 Å². The molecule has 0 aliphatic rings. The van der Waals surface area contributed by atoms with Gasteiger partial charge in [-0.2, -0.15) is 9.61 Å².